The average molecular weight is 305 g/mol. The summed E-state index contributed by atoms with van der Waals surface area (Å²) in [5.74, 6) is -0.906. The number of carboxylic acid groups (broad SMARTS) is 1. The van der Waals surface area contributed by atoms with Gasteiger partial charge in [-0.2, -0.15) is 0 Å². The predicted octanol–water partition coefficient (Wildman–Crippen LogP) is 3.14. The van der Waals surface area contributed by atoms with E-state index < -0.39 is 5.97 Å². The molecule has 0 fully saturated rings. The first-order chi connectivity index (χ1) is 11.1. The zero-order valence-corrected chi connectivity index (χ0v) is 12.6. The number of nitrogens with zero attached hydrogens (tertiary/aromatic N) is 3. The van der Waals surface area contributed by atoms with Crippen LogP contribution in [0.5, 0.6) is 0 Å². The number of aliphatic carboxylic acids is 1. The molecule has 0 radical (unpaired) electrons. The average Bonchev–Trinajstić information content (AvgIpc) is 2.56. The van der Waals surface area contributed by atoms with Crippen molar-refractivity contribution in [3.05, 3.63) is 66.5 Å². The molecule has 5 heteroatoms. The molecule has 1 N–H and O–H groups in total. The zero-order valence-electron chi connectivity index (χ0n) is 12.6. The second-order valence-corrected chi connectivity index (χ2v) is 5.17. The molecule has 0 aliphatic rings. The Labute approximate surface area is 133 Å². The van der Waals surface area contributed by atoms with E-state index >= 15 is 0 Å². The van der Waals surface area contributed by atoms with E-state index in [2.05, 4.69) is 15.0 Å². The van der Waals surface area contributed by atoms with E-state index in [1.807, 2.05) is 37.3 Å². The minimum Gasteiger partial charge on any atom is -0.481 e. The Hall–Kier alpha value is -3.08. The third-order valence-corrected chi connectivity index (χ3v) is 3.56. The Morgan fingerprint density at radius 3 is 2.17 bits per heavy atom. The number of carbonyl (C=O) groups is 1. The third-order valence-electron chi connectivity index (χ3n) is 3.56. The van der Waals surface area contributed by atoms with Gasteiger partial charge in [0.25, 0.3) is 0 Å². The van der Waals surface area contributed by atoms with Gasteiger partial charge in [-0.05, 0) is 25.1 Å². The van der Waals surface area contributed by atoms with Crippen molar-refractivity contribution in [1.29, 1.82) is 0 Å². The summed E-state index contributed by atoms with van der Waals surface area (Å²) in [6.45, 7) is 1.88. The van der Waals surface area contributed by atoms with Gasteiger partial charge >= 0.3 is 5.97 Å². The predicted molar refractivity (Wildman–Crippen MR) is 86.8 cm³/mol. The van der Waals surface area contributed by atoms with Crippen LogP contribution >= 0.6 is 0 Å². The van der Waals surface area contributed by atoms with Gasteiger partial charge in [-0.25, -0.2) is 0 Å². The number of pyridine rings is 3. The van der Waals surface area contributed by atoms with E-state index in [9.17, 15) is 4.79 Å². The lowest BCUT2D eigenvalue weighted by atomic mass is 9.97. The van der Waals surface area contributed by atoms with Gasteiger partial charge in [-0.15, -0.1) is 0 Å². The first-order valence-corrected chi connectivity index (χ1v) is 7.18. The molecule has 0 aliphatic heterocycles. The molecule has 3 aromatic rings. The molecule has 0 aliphatic carbocycles. The highest BCUT2D eigenvalue weighted by Gasteiger charge is 2.15. The fourth-order valence-corrected chi connectivity index (χ4v) is 2.52. The Kier molecular flexibility index (Phi) is 4.10. The second kappa shape index (κ2) is 6.36. The summed E-state index contributed by atoms with van der Waals surface area (Å²) >= 11 is 0. The summed E-state index contributed by atoms with van der Waals surface area (Å²) in [7, 11) is 0. The third kappa shape index (κ3) is 3.23. The van der Waals surface area contributed by atoms with Crippen LogP contribution in [0.1, 0.15) is 11.4 Å². The molecule has 0 bridgehead atoms. The molecule has 3 aromatic heterocycles. The molecule has 0 aromatic carbocycles. The Bertz CT molecular complexity index is 834. The minimum absolute atomic E-state index is 0.127. The largest absolute Gasteiger partial charge is 0.481 e. The Morgan fingerprint density at radius 2 is 1.65 bits per heavy atom. The van der Waals surface area contributed by atoms with Gasteiger partial charge in [-0.1, -0.05) is 12.1 Å². The van der Waals surface area contributed by atoms with Gasteiger partial charge in [0.1, 0.15) is 0 Å². The van der Waals surface area contributed by atoms with Crippen molar-refractivity contribution in [3.8, 4) is 22.3 Å². The normalized spacial score (nSPS) is 10.5. The lowest BCUT2D eigenvalue weighted by molar-refractivity contribution is -0.136. The molecule has 23 heavy (non-hydrogen) atoms. The summed E-state index contributed by atoms with van der Waals surface area (Å²) < 4.78 is 0. The molecule has 3 heterocycles. The van der Waals surface area contributed by atoms with E-state index in [1.54, 1.807) is 24.8 Å². The molecule has 0 saturated carbocycles. The maximum Gasteiger partial charge on any atom is 0.309 e. The SMILES string of the molecule is Cc1nc(CC(=O)O)c(-c2cccnc2)cc1-c1cccnc1. The summed E-state index contributed by atoms with van der Waals surface area (Å²) in [6, 6.07) is 9.51. The van der Waals surface area contributed by atoms with E-state index in [0.717, 1.165) is 27.9 Å². The number of rotatable bonds is 4. The van der Waals surface area contributed by atoms with Crippen LogP contribution in [0, 0.1) is 6.92 Å². The fourth-order valence-electron chi connectivity index (χ4n) is 2.52. The molecule has 5 nitrogen and oxygen atoms in total. The van der Waals surface area contributed by atoms with E-state index in [0.29, 0.717) is 5.69 Å². The van der Waals surface area contributed by atoms with E-state index in [-0.39, 0.29) is 6.42 Å². The van der Waals surface area contributed by atoms with Crippen molar-refractivity contribution in [1.82, 2.24) is 15.0 Å². The van der Waals surface area contributed by atoms with Crippen molar-refractivity contribution in [2.24, 2.45) is 0 Å². The number of aromatic nitrogens is 3. The minimum atomic E-state index is -0.906. The highest BCUT2D eigenvalue weighted by molar-refractivity contribution is 5.79. The topological polar surface area (TPSA) is 76.0 Å². The van der Waals surface area contributed by atoms with Crippen molar-refractivity contribution in [2.75, 3.05) is 0 Å². The second-order valence-electron chi connectivity index (χ2n) is 5.17. The van der Waals surface area contributed by atoms with Gasteiger partial charge in [0.2, 0.25) is 0 Å². The highest BCUT2D eigenvalue weighted by Crippen LogP contribution is 2.30. The van der Waals surface area contributed by atoms with Gasteiger partial charge < -0.3 is 5.11 Å². The van der Waals surface area contributed by atoms with Gasteiger partial charge in [0.15, 0.2) is 0 Å². The Balaban J connectivity index is 2.20. The van der Waals surface area contributed by atoms with Gasteiger partial charge in [-0.3, -0.25) is 19.7 Å². The van der Waals surface area contributed by atoms with Crippen molar-refractivity contribution in [3.63, 3.8) is 0 Å². The molecule has 114 valence electrons. The number of carboxylic acids is 1. The smallest absolute Gasteiger partial charge is 0.309 e. The monoisotopic (exact) mass is 305 g/mol. The quantitative estimate of drug-likeness (QED) is 0.801. The fraction of sp³-hybridized carbons (Fsp3) is 0.111. The van der Waals surface area contributed by atoms with Gasteiger partial charge in [0, 0.05) is 52.7 Å². The maximum absolute atomic E-state index is 11.2. The molecule has 0 spiro atoms. The molecule has 3 rings (SSSR count). The lowest BCUT2D eigenvalue weighted by Gasteiger charge is -2.13. The number of hydrogen-bond donors (Lipinski definition) is 1. The molecular formula is C18H15N3O2. The summed E-state index contributed by atoms with van der Waals surface area (Å²) in [5, 5.41) is 9.15. The van der Waals surface area contributed by atoms with Crippen LogP contribution < -0.4 is 0 Å². The first kappa shape index (κ1) is 14.8. The van der Waals surface area contributed by atoms with Crippen LogP contribution in [0.25, 0.3) is 22.3 Å². The van der Waals surface area contributed by atoms with Crippen molar-refractivity contribution in [2.45, 2.75) is 13.3 Å². The van der Waals surface area contributed by atoms with Crippen LogP contribution in [0.3, 0.4) is 0 Å². The van der Waals surface area contributed by atoms with Gasteiger partial charge in [0.05, 0.1) is 12.1 Å². The molecule has 0 amide bonds. The molecule has 0 unspecified atom stereocenters. The molecule has 0 atom stereocenters. The lowest BCUT2D eigenvalue weighted by Crippen LogP contribution is -2.06. The van der Waals surface area contributed by atoms with E-state index in [1.165, 1.54) is 0 Å². The zero-order chi connectivity index (χ0) is 16.2. The van der Waals surface area contributed by atoms with Crippen LogP contribution in [-0.2, 0) is 11.2 Å². The summed E-state index contributed by atoms with van der Waals surface area (Å²) in [6.07, 6.45) is 6.76. The van der Waals surface area contributed by atoms with Crippen LogP contribution in [0.2, 0.25) is 0 Å². The maximum atomic E-state index is 11.2. The standard InChI is InChI=1S/C18H15N3O2/c1-12-15(13-4-2-6-19-10-13)8-16(14-5-3-7-20-11-14)17(21-12)9-18(22)23/h2-8,10-11H,9H2,1H3,(H,22,23). The number of aryl methyl sites for hydroxylation is 1. The van der Waals surface area contributed by atoms with Crippen LogP contribution in [-0.4, -0.2) is 26.0 Å². The molecular weight excluding hydrogens is 290 g/mol. The Morgan fingerprint density at radius 1 is 1.04 bits per heavy atom. The molecule has 0 saturated heterocycles. The highest BCUT2D eigenvalue weighted by atomic mass is 16.4. The summed E-state index contributed by atoms with van der Waals surface area (Å²) in [4.78, 5) is 23.9. The first-order valence-electron chi connectivity index (χ1n) is 7.18. The van der Waals surface area contributed by atoms with E-state index in [4.69, 9.17) is 5.11 Å². The summed E-state index contributed by atoms with van der Waals surface area (Å²) in [5.41, 5.74) is 4.83. The van der Waals surface area contributed by atoms with Crippen LogP contribution in [0.4, 0.5) is 0 Å². The van der Waals surface area contributed by atoms with Crippen molar-refractivity contribution < 1.29 is 9.90 Å². The van der Waals surface area contributed by atoms with Crippen LogP contribution in [0.15, 0.2) is 55.1 Å². The van der Waals surface area contributed by atoms with Crippen molar-refractivity contribution >= 4 is 5.97 Å². The number of hydrogen-bond acceptors (Lipinski definition) is 4.